The molecule has 1 aliphatic carbocycles. The topological polar surface area (TPSA) is 54.5 Å². The number of pyridine rings is 1. The smallest absolute Gasteiger partial charge is 0.266 e. The standard InChI is InChI=1S/C29H27ClF3N3O2S/c1-34-19-4-6-20(7-5-19)36(29(37)28-26(30)25-21(31)8-9-22(32)27(25)39-28)15-18-13-16(3-10-23(18)38-2)17-11-12-35-24(33)14-17/h3,8-14,19-20,34H,4-7,15H2,1-2H3/t19-,20-. The van der Waals surface area contributed by atoms with Gasteiger partial charge in [0.25, 0.3) is 5.91 Å². The monoisotopic (exact) mass is 573 g/mol. The van der Waals surface area contributed by atoms with E-state index in [2.05, 4.69) is 10.3 Å². The molecule has 0 unspecified atom stereocenters. The Bertz CT molecular complexity index is 1520. The summed E-state index contributed by atoms with van der Waals surface area (Å²) in [5.41, 5.74) is 2.09. The highest BCUT2D eigenvalue weighted by atomic mass is 35.5. The fourth-order valence-corrected chi connectivity index (χ4v) is 6.76. The maximum Gasteiger partial charge on any atom is 0.266 e. The van der Waals surface area contributed by atoms with Gasteiger partial charge < -0.3 is 15.0 Å². The molecule has 0 radical (unpaired) electrons. The molecule has 2 heterocycles. The molecule has 0 aliphatic heterocycles. The van der Waals surface area contributed by atoms with Gasteiger partial charge in [-0.1, -0.05) is 17.7 Å². The number of halogens is 4. The van der Waals surface area contributed by atoms with Crippen molar-refractivity contribution in [1.29, 1.82) is 0 Å². The molecular weight excluding hydrogens is 547 g/mol. The van der Waals surface area contributed by atoms with Crippen LogP contribution in [0.15, 0.2) is 48.7 Å². The van der Waals surface area contributed by atoms with Gasteiger partial charge in [-0.05, 0) is 74.2 Å². The van der Waals surface area contributed by atoms with Crippen LogP contribution in [0, 0.1) is 17.6 Å². The second kappa shape index (κ2) is 11.5. The van der Waals surface area contributed by atoms with Crippen molar-refractivity contribution < 1.29 is 22.7 Å². The van der Waals surface area contributed by atoms with Gasteiger partial charge in [-0.2, -0.15) is 4.39 Å². The Morgan fingerprint density at radius 1 is 1.08 bits per heavy atom. The van der Waals surface area contributed by atoms with E-state index in [0.29, 0.717) is 22.9 Å². The van der Waals surface area contributed by atoms with Gasteiger partial charge in [0.2, 0.25) is 5.95 Å². The number of ether oxygens (including phenoxy) is 1. The predicted octanol–water partition coefficient (Wildman–Crippen LogP) is 7.22. The second-order valence-electron chi connectivity index (χ2n) is 9.60. The van der Waals surface area contributed by atoms with Crippen LogP contribution in [0.25, 0.3) is 21.2 Å². The van der Waals surface area contributed by atoms with E-state index in [1.54, 1.807) is 24.1 Å². The molecule has 204 valence electrons. The summed E-state index contributed by atoms with van der Waals surface area (Å²) in [5.74, 6) is -1.73. The molecule has 1 aliphatic rings. The van der Waals surface area contributed by atoms with Crippen molar-refractivity contribution in [3.8, 4) is 16.9 Å². The van der Waals surface area contributed by atoms with Crippen LogP contribution in [0.5, 0.6) is 5.75 Å². The van der Waals surface area contributed by atoms with Crippen LogP contribution in [-0.2, 0) is 6.54 Å². The summed E-state index contributed by atoms with van der Waals surface area (Å²) in [4.78, 5) is 19.6. The first-order valence-electron chi connectivity index (χ1n) is 12.6. The lowest BCUT2D eigenvalue weighted by atomic mass is 9.89. The number of fused-ring (bicyclic) bond motifs is 1. The van der Waals surface area contributed by atoms with E-state index in [-0.39, 0.29) is 32.6 Å². The molecule has 0 spiro atoms. The number of thiophene rings is 1. The number of amides is 1. The summed E-state index contributed by atoms with van der Waals surface area (Å²) >= 11 is 7.38. The third-order valence-corrected chi connectivity index (χ3v) is 9.04. The molecular formula is C29H27ClF3N3O2S. The lowest BCUT2D eigenvalue weighted by Gasteiger charge is -2.37. The van der Waals surface area contributed by atoms with Crippen molar-refractivity contribution in [2.75, 3.05) is 14.2 Å². The van der Waals surface area contributed by atoms with Gasteiger partial charge in [0.15, 0.2) is 0 Å². The van der Waals surface area contributed by atoms with E-state index in [1.165, 1.54) is 12.3 Å². The van der Waals surface area contributed by atoms with Crippen molar-refractivity contribution in [1.82, 2.24) is 15.2 Å². The number of carbonyl (C=O) groups excluding carboxylic acids is 1. The van der Waals surface area contributed by atoms with E-state index >= 15 is 0 Å². The summed E-state index contributed by atoms with van der Waals surface area (Å²) in [5, 5.41) is 3.14. The number of benzene rings is 2. The summed E-state index contributed by atoms with van der Waals surface area (Å²) in [6.45, 7) is 0.174. The highest BCUT2D eigenvalue weighted by Crippen LogP contribution is 2.40. The molecule has 5 rings (SSSR count). The Balaban J connectivity index is 1.56. The number of carbonyl (C=O) groups is 1. The van der Waals surface area contributed by atoms with E-state index in [0.717, 1.165) is 54.7 Å². The highest BCUT2D eigenvalue weighted by molar-refractivity contribution is 7.21. The zero-order chi connectivity index (χ0) is 27.7. The van der Waals surface area contributed by atoms with Gasteiger partial charge in [-0.25, -0.2) is 13.8 Å². The maximum absolute atomic E-state index is 14.6. The second-order valence-corrected chi connectivity index (χ2v) is 11.0. The van der Waals surface area contributed by atoms with Crippen LogP contribution in [0.1, 0.15) is 40.9 Å². The van der Waals surface area contributed by atoms with Crippen molar-refractivity contribution in [3.63, 3.8) is 0 Å². The minimum absolute atomic E-state index is 0.0153. The molecule has 1 saturated carbocycles. The molecule has 0 atom stereocenters. The summed E-state index contributed by atoms with van der Waals surface area (Å²) in [6, 6.07) is 10.8. The van der Waals surface area contributed by atoms with Gasteiger partial charge in [0.05, 0.1) is 22.2 Å². The number of hydrogen-bond acceptors (Lipinski definition) is 5. The van der Waals surface area contributed by atoms with E-state index < -0.39 is 23.5 Å². The first kappa shape index (κ1) is 27.4. The van der Waals surface area contributed by atoms with Crippen molar-refractivity contribution in [3.05, 3.63) is 81.7 Å². The Labute approximate surface area is 233 Å². The van der Waals surface area contributed by atoms with Crippen LogP contribution in [0.3, 0.4) is 0 Å². The van der Waals surface area contributed by atoms with Crippen LogP contribution in [-0.4, -0.2) is 42.0 Å². The molecule has 1 amide bonds. The first-order chi connectivity index (χ1) is 18.8. The third kappa shape index (κ3) is 5.48. The van der Waals surface area contributed by atoms with Gasteiger partial charge in [0, 0.05) is 36.5 Å². The van der Waals surface area contributed by atoms with Crippen molar-refractivity contribution >= 4 is 38.9 Å². The average Bonchev–Trinajstić information content (AvgIpc) is 3.31. The van der Waals surface area contributed by atoms with Crippen molar-refractivity contribution in [2.24, 2.45) is 0 Å². The molecule has 0 saturated heterocycles. The summed E-state index contributed by atoms with van der Waals surface area (Å²) < 4.78 is 48.6. The summed E-state index contributed by atoms with van der Waals surface area (Å²) in [7, 11) is 3.47. The fraction of sp³-hybridized carbons (Fsp3) is 0.310. The fourth-order valence-electron chi connectivity index (χ4n) is 5.26. The zero-order valence-electron chi connectivity index (χ0n) is 21.4. The van der Waals surface area contributed by atoms with Crippen LogP contribution < -0.4 is 10.1 Å². The Morgan fingerprint density at radius 3 is 2.46 bits per heavy atom. The molecule has 0 bridgehead atoms. The molecule has 5 nitrogen and oxygen atoms in total. The number of methoxy groups -OCH3 is 1. The van der Waals surface area contributed by atoms with E-state index in [4.69, 9.17) is 16.3 Å². The average molecular weight is 574 g/mol. The minimum Gasteiger partial charge on any atom is -0.496 e. The molecule has 1 N–H and O–H groups in total. The summed E-state index contributed by atoms with van der Waals surface area (Å²) in [6.07, 6.45) is 4.65. The van der Waals surface area contributed by atoms with Crippen molar-refractivity contribution in [2.45, 2.75) is 44.3 Å². The lowest BCUT2D eigenvalue weighted by molar-refractivity contribution is 0.0604. The molecule has 10 heteroatoms. The normalized spacial score (nSPS) is 17.4. The van der Waals surface area contributed by atoms with Gasteiger partial charge >= 0.3 is 0 Å². The number of nitrogens with zero attached hydrogens (tertiary/aromatic N) is 2. The SMILES string of the molecule is CN[C@H]1CC[C@H](N(Cc2cc(-c3ccnc(F)c3)ccc2OC)C(=O)c2sc3c(F)ccc(F)c3c2Cl)CC1. The van der Waals surface area contributed by atoms with Gasteiger partial charge in [-0.3, -0.25) is 4.79 Å². The highest BCUT2D eigenvalue weighted by Gasteiger charge is 2.33. The predicted molar refractivity (Wildman–Crippen MR) is 148 cm³/mol. The first-order valence-corrected chi connectivity index (χ1v) is 13.8. The number of hydrogen-bond donors (Lipinski definition) is 1. The Morgan fingerprint density at radius 2 is 1.79 bits per heavy atom. The van der Waals surface area contributed by atoms with Crippen LogP contribution >= 0.6 is 22.9 Å². The number of nitrogens with one attached hydrogen (secondary N) is 1. The Kier molecular flexibility index (Phi) is 8.11. The Hall–Kier alpha value is -3.14. The van der Waals surface area contributed by atoms with Gasteiger partial charge in [0.1, 0.15) is 22.3 Å². The molecule has 39 heavy (non-hydrogen) atoms. The van der Waals surface area contributed by atoms with Gasteiger partial charge in [-0.15, -0.1) is 11.3 Å². The van der Waals surface area contributed by atoms with E-state index in [9.17, 15) is 18.0 Å². The molecule has 2 aromatic carbocycles. The van der Waals surface area contributed by atoms with E-state index in [1.807, 2.05) is 19.2 Å². The largest absolute Gasteiger partial charge is 0.496 e. The molecule has 1 fully saturated rings. The number of aromatic nitrogens is 1. The lowest BCUT2D eigenvalue weighted by Crippen LogP contribution is -2.44. The molecule has 2 aromatic heterocycles. The molecule has 4 aromatic rings. The quantitative estimate of drug-likeness (QED) is 0.237. The zero-order valence-corrected chi connectivity index (χ0v) is 23.0. The van der Waals surface area contributed by atoms with Crippen LogP contribution in [0.2, 0.25) is 5.02 Å². The maximum atomic E-state index is 14.6. The number of rotatable bonds is 7. The van der Waals surface area contributed by atoms with Crippen LogP contribution in [0.4, 0.5) is 13.2 Å². The minimum atomic E-state index is -0.674. The third-order valence-electron chi connectivity index (χ3n) is 7.36.